The third-order valence-corrected chi connectivity index (χ3v) is 5.47. The van der Waals surface area contributed by atoms with Gasteiger partial charge in [-0.2, -0.15) is 0 Å². The van der Waals surface area contributed by atoms with E-state index in [2.05, 4.69) is 15.0 Å². The first-order valence-electron chi connectivity index (χ1n) is 8.27. The number of nitrogens with zero attached hydrogens (tertiary/aromatic N) is 1. The number of anilines is 2. The quantitative estimate of drug-likeness (QED) is 0.704. The lowest BCUT2D eigenvalue weighted by Crippen LogP contribution is -2.16. The Kier molecular flexibility index (Phi) is 5.23. The lowest BCUT2D eigenvalue weighted by atomic mass is 10.2. The summed E-state index contributed by atoms with van der Waals surface area (Å²) in [6.07, 6.45) is 3.15. The van der Waals surface area contributed by atoms with E-state index in [4.69, 9.17) is 0 Å². The topological polar surface area (TPSA) is 88.2 Å². The van der Waals surface area contributed by atoms with Gasteiger partial charge in [0.1, 0.15) is 0 Å². The fourth-order valence-electron chi connectivity index (χ4n) is 2.57. The predicted molar refractivity (Wildman–Crippen MR) is 105 cm³/mol. The number of carbonyl (C=O) groups is 1. The van der Waals surface area contributed by atoms with Crippen LogP contribution in [0.25, 0.3) is 0 Å². The Labute approximate surface area is 158 Å². The maximum absolute atomic E-state index is 12.7. The first-order chi connectivity index (χ1) is 12.8. The molecular formula is C20H19N3O3S. The van der Waals surface area contributed by atoms with Crippen molar-refractivity contribution in [3.63, 3.8) is 0 Å². The zero-order valence-electron chi connectivity index (χ0n) is 14.9. The lowest BCUT2D eigenvalue weighted by molar-refractivity contribution is 0.102. The van der Waals surface area contributed by atoms with Crippen molar-refractivity contribution in [2.24, 2.45) is 0 Å². The van der Waals surface area contributed by atoms with E-state index >= 15 is 0 Å². The van der Waals surface area contributed by atoms with Gasteiger partial charge in [0.2, 0.25) is 0 Å². The third kappa shape index (κ3) is 4.51. The van der Waals surface area contributed by atoms with Crippen molar-refractivity contribution < 1.29 is 13.2 Å². The van der Waals surface area contributed by atoms with Gasteiger partial charge >= 0.3 is 0 Å². The number of nitrogens with one attached hydrogen (secondary N) is 2. The van der Waals surface area contributed by atoms with Gasteiger partial charge in [0.05, 0.1) is 4.90 Å². The van der Waals surface area contributed by atoms with E-state index in [0.29, 0.717) is 22.5 Å². The Morgan fingerprint density at radius 3 is 2.41 bits per heavy atom. The standard InChI is InChI=1S/C20H19N3O3S/c1-14-6-7-15(2)19(12-14)27(25,26)23-18-5-3-4-16(13-18)20(24)22-17-8-10-21-11-9-17/h3-13,23H,1-2H3,(H,21,22,24). The van der Waals surface area contributed by atoms with Gasteiger partial charge in [-0.05, 0) is 61.4 Å². The van der Waals surface area contributed by atoms with E-state index in [-0.39, 0.29) is 10.8 Å². The molecule has 0 aliphatic carbocycles. The van der Waals surface area contributed by atoms with Crippen molar-refractivity contribution in [1.29, 1.82) is 0 Å². The smallest absolute Gasteiger partial charge is 0.262 e. The van der Waals surface area contributed by atoms with Gasteiger partial charge in [-0.3, -0.25) is 14.5 Å². The van der Waals surface area contributed by atoms with E-state index in [1.165, 1.54) is 6.07 Å². The number of hydrogen-bond acceptors (Lipinski definition) is 4. The number of aromatic nitrogens is 1. The molecule has 0 aliphatic rings. The maximum atomic E-state index is 12.7. The number of pyridine rings is 1. The summed E-state index contributed by atoms with van der Waals surface area (Å²) in [5.74, 6) is -0.339. The highest BCUT2D eigenvalue weighted by molar-refractivity contribution is 7.92. The van der Waals surface area contributed by atoms with Crippen LogP contribution in [0, 0.1) is 13.8 Å². The van der Waals surface area contributed by atoms with Crippen LogP contribution in [-0.4, -0.2) is 19.3 Å². The van der Waals surface area contributed by atoms with Crippen LogP contribution in [0.4, 0.5) is 11.4 Å². The Bertz CT molecular complexity index is 1080. The monoisotopic (exact) mass is 381 g/mol. The summed E-state index contributed by atoms with van der Waals surface area (Å²) in [5, 5.41) is 2.74. The maximum Gasteiger partial charge on any atom is 0.262 e. The highest BCUT2D eigenvalue weighted by atomic mass is 32.2. The largest absolute Gasteiger partial charge is 0.322 e. The first kappa shape index (κ1) is 18.6. The highest BCUT2D eigenvalue weighted by Gasteiger charge is 2.18. The van der Waals surface area contributed by atoms with Gasteiger partial charge < -0.3 is 5.32 Å². The number of aryl methyl sites for hydroxylation is 2. The number of rotatable bonds is 5. The summed E-state index contributed by atoms with van der Waals surface area (Å²) < 4.78 is 28.0. The Balaban J connectivity index is 1.83. The van der Waals surface area contributed by atoms with E-state index < -0.39 is 10.0 Å². The summed E-state index contributed by atoms with van der Waals surface area (Å²) in [4.78, 5) is 16.5. The van der Waals surface area contributed by atoms with Crippen LogP contribution >= 0.6 is 0 Å². The number of carbonyl (C=O) groups excluding carboxylic acids is 1. The van der Waals surface area contributed by atoms with E-state index in [1.54, 1.807) is 61.8 Å². The van der Waals surface area contributed by atoms with Crippen LogP contribution in [0.5, 0.6) is 0 Å². The van der Waals surface area contributed by atoms with E-state index in [0.717, 1.165) is 5.56 Å². The number of hydrogen-bond donors (Lipinski definition) is 2. The molecule has 138 valence electrons. The van der Waals surface area contributed by atoms with Crippen molar-refractivity contribution in [2.45, 2.75) is 18.7 Å². The molecule has 0 radical (unpaired) electrons. The molecule has 2 N–H and O–H groups in total. The summed E-state index contributed by atoms with van der Waals surface area (Å²) in [6, 6.07) is 14.9. The fraction of sp³-hybridized carbons (Fsp3) is 0.100. The van der Waals surface area contributed by atoms with Crippen molar-refractivity contribution in [3.8, 4) is 0 Å². The molecule has 0 bridgehead atoms. The van der Waals surface area contributed by atoms with Crippen molar-refractivity contribution >= 4 is 27.3 Å². The van der Waals surface area contributed by atoms with E-state index in [9.17, 15) is 13.2 Å². The fourth-order valence-corrected chi connectivity index (χ4v) is 3.95. The van der Waals surface area contributed by atoms with Crippen LogP contribution < -0.4 is 10.0 Å². The summed E-state index contributed by atoms with van der Waals surface area (Å²) >= 11 is 0. The lowest BCUT2D eigenvalue weighted by Gasteiger charge is -2.12. The van der Waals surface area contributed by atoms with Crippen LogP contribution in [0.2, 0.25) is 0 Å². The second-order valence-corrected chi connectivity index (χ2v) is 7.80. The van der Waals surface area contributed by atoms with Crippen molar-refractivity contribution in [3.05, 3.63) is 83.7 Å². The minimum absolute atomic E-state index is 0.217. The van der Waals surface area contributed by atoms with Crippen LogP contribution in [-0.2, 0) is 10.0 Å². The molecule has 0 unspecified atom stereocenters. The average Bonchev–Trinajstić information content (AvgIpc) is 2.64. The Morgan fingerprint density at radius 2 is 1.67 bits per heavy atom. The second kappa shape index (κ2) is 7.59. The molecule has 0 spiro atoms. The molecule has 3 aromatic rings. The number of amides is 1. The number of sulfonamides is 1. The molecule has 0 fully saturated rings. The Hall–Kier alpha value is -3.19. The van der Waals surface area contributed by atoms with Gasteiger partial charge in [-0.25, -0.2) is 8.42 Å². The summed E-state index contributed by atoms with van der Waals surface area (Å²) in [7, 11) is -3.76. The molecule has 2 aromatic carbocycles. The third-order valence-electron chi connectivity index (χ3n) is 3.95. The van der Waals surface area contributed by atoms with Crippen LogP contribution in [0.1, 0.15) is 21.5 Å². The molecule has 27 heavy (non-hydrogen) atoms. The SMILES string of the molecule is Cc1ccc(C)c(S(=O)(=O)Nc2cccc(C(=O)Nc3ccncc3)c2)c1. The van der Waals surface area contributed by atoms with Gasteiger partial charge in [0, 0.05) is 29.3 Å². The first-order valence-corrected chi connectivity index (χ1v) is 9.75. The minimum atomic E-state index is -3.76. The molecule has 7 heteroatoms. The normalized spacial score (nSPS) is 11.0. The molecular weight excluding hydrogens is 362 g/mol. The summed E-state index contributed by atoms with van der Waals surface area (Å²) in [5.41, 5.74) is 2.77. The van der Waals surface area contributed by atoms with Gasteiger partial charge in [-0.15, -0.1) is 0 Å². The molecule has 1 heterocycles. The average molecular weight is 381 g/mol. The van der Waals surface area contributed by atoms with Crippen LogP contribution in [0.15, 0.2) is 71.9 Å². The molecule has 1 aromatic heterocycles. The van der Waals surface area contributed by atoms with Crippen molar-refractivity contribution in [1.82, 2.24) is 4.98 Å². The van der Waals surface area contributed by atoms with Crippen molar-refractivity contribution in [2.75, 3.05) is 10.0 Å². The zero-order valence-corrected chi connectivity index (χ0v) is 15.7. The molecule has 1 amide bonds. The minimum Gasteiger partial charge on any atom is -0.322 e. The molecule has 0 aliphatic heterocycles. The molecule has 6 nitrogen and oxygen atoms in total. The Morgan fingerprint density at radius 1 is 0.926 bits per heavy atom. The highest BCUT2D eigenvalue weighted by Crippen LogP contribution is 2.21. The van der Waals surface area contributed by atoms with Gasteiger partial charge in [0.15, 0.2) is 0 Å². The van der Waals surface area contributed by atoms with Crippen LogP contribution in [0.3, 0.4) is 0 Å². The predicted octanol–water partition coefficient (Wildman–Crippen LogP) is 3.75. The molecule has 0 saturated heterocycles. The molecule has 3 rings (SSSR count). The van der Waals surface area contributed by atoms with Gasteiger partial charge in [-0.1, -0.05) is 18.2 Å². The molecule has 0 atom stereocenters. The summed E-state index contributed by atoms with van der Waals surface area (Å²) in [6.45, 7) is 3.58. The molecule has 0 saturated carbocycles. The second-order valence-electron chi connectivity index (χ2n) is 6.15. The van der Waals surface area contributed by atoms with E-state index in [1.807, 2.05) is 13.0 Å². The number of benzene rings is 2. The zero-order chi connectivity index (χ0) is 19.4. The van der Waals surface area contributed by atoms with Gasteiger partial charge in [0.25, 0.3) is 15.9 Å².